The van der Waals surface area contributed by atoms with Gasteiger partial charge in [0.05, 0.1) is 12.2 Å². The first-order valence-electron chi connectivity index (χ1n) is 6.72. The minimum Gasteiger partial charge on any atom is -0.372 e. The molecule has 2 aliphatic heterocycles. The van der Waals surface area contributed by atoms with E-state index in [0.29, 0.717) is 19.1 Å². The van der Waals surface area contributed by atoms with Gasteiger partial charge in [0.1, 0.15) is 0 Å². The number of morpholine rings is 1. The fraction of sp³-hybridized carbons (Fsp3) is 0.923. The zero-order valence-corrected chi connectivity index (χ0v) is 12.2. The molecule has 0 aliphatic carbocycles. The van der Waals surface area contributed by atoms with E-state index in [-0.39, 0.29) is 23.9 Å². The predicted molar refractivity (Wildman–Crippen MR) is 74.1 cm³/mol. The lowest BCUT2D eigenvalue weighted by molar-refractivity contribution is -0.146. The fourth-order valence-electron chi connectivity index (χ4n) is 2.69. The molecule has 2 heterocycles. The number of rotatable bonds is 3. The van der Waals surface area contributed by atoms with Crippen LogP contribution in [-0.4, -0.2) is 48.7 Å². The first-order chi connectivity index (χ1) is 8.07. The number of amides is 1. The topological polar surface area (TPSA) is 41.6 Å². The van der Waals surface area contributed by atoms with Gasteiger partial charge in [-0.05, 0) is 39.7 Å². The molecule has 2 fully saturated rings. The maximum atomic E-state index is 12.1. The normalized spacial score (nSPS) is 26.8. The van der Waals surface area contributed by atoms with Crippen molar-refractivity contribution in [2.24, 2.45) is 0 Å². The van der Waals surface area contributed by atoms with Crippen LogP contribution in [0.25, 0.3) is 0 Å². The number of carbonyl (C=O) groups excluding carboxylic acids is 1. The molecule has 0 aromatic heterocycles. The van der Waals surface area contributed by atoms with Crippen molar-refractivity contribution in [2.45, 2.75) is 51.2 Å². The lowest BCUT2D eigenvalue weighted by Crippen LogP contribution is -2.50. The fourth-order valence-corrected chi connectivity index (χ4v) is 2.69. The molecule has 0 radical (unpaired) electrons. The van der Waals surface area contributed by atoms with E-state index in [1.165, 1.54) is 12.8 Å². The van der Waals surface area contributed by atoms with Crippen LogP contribution in [0, 0.1) is 0 Å². The van der Waals surface area contributed by atoms with Crippen molar-refractivity contribution in [3.63, 3.8) is 0 Å². The summed E-state index contributed by atoms with van der Waals surface area (Å²) in [6, 6.07) is 0.563. The SMILES string of the molecule is CC1(C)CN(C(=O)CCC2CCCN2)CCO1.Cl. The highest BCUT2D eigenvalue weighted by Crippen LogP contribution is 2.18. The van der Waals surface area contributed by atoms with E-state index >= 15 is 0 Å². The van der Waals surface area contributed by atoms with Crippen molar-refractivity contribution in [2.75, 3.05) is 26.2 Å². The molecular weight excluding hydrogens is 252 g/mol. The van der Waals surface area contributed by atoms with E-state index in [1.807, 2.05) is 18.7 Å². The van der Waals surface area contributed by atoms with Gasteiger partial charge in [0, 0.05) is 25.6 Å². The Morgan fingerprint density at radius 1 is 1.50 bits per heavy atom. The monoisotopic (exact) mass is 276 g/mol. The Labute approximate surface area is 116 Å². The van der Waals surface area contributed by atoms with Crippen LogP contribution in [-0.2, 0) is 9.53 Å². The van der Waals surface area contributed by atoms with E-state index in [2.05, 4.69) is 5.32 Å². The summed E-state index contributed by atoms with van der Waals surface area (Å²) in [4.78, 5) is 14.0. The molecule has 2 aliphatic rings. The van der Waals surface area contributed by atoms with Gasteiger partial charge in [-0.25, -0.2) is 0 Å². The van der Waals surface area contributed by atoms with E-state index in [4.69, 9.17) is 4.74 Å². The summed E-state index contributed by atoms with van der Waals surface area (Å²) >= 11 is 0. The van der Waals surface area contributed by atoms with Gasteiger partial charge in [-0.15, -0.1) is 12.4 Å². The summed E-state index contributed by atoms with van der Waals surface area (Å²) < 4.78 is 5.62. The first-order valence-corrected chi connectivity index (χ1v) is 6.72. The second kappa shape index (κ2) is 6.73. The van der Waals surface area contributed by atoms with Crippen LogP contribution in [0.2, 0.25) is 0 Å². The molecule has 1 amide bonds. The highest BCUT2D eigenvalue weighted by atomic mass is 35.5. The van der Waals surface area contributed by atoms with E-state index in [0.717, 1.165) is 26.1 Å². The summed E-state index contributed by atoms with van der Waals surface area (Å²) in [6.45, 7) is 7.35. The molecule has 106 valence electrons. The summed E-state index contributed by atoms with van der Waals surface area (Å²) in [5, 5.41) is 3.44. The molecule has 0 saturated carbocycles. The Hall–Kier alpha value is -0.320. The Bertz CT molecular complexity index is 278. The third kappa shape index (κ3) is 4.41. The lowest BCUT2D eigenvalue weighted by atomic mass is 10.1. The largest absolute Gasteiger partial charge is 0.372 e. The van der Waals surface area contributed by atoms with Gasteiger partial charge in [-0.3, -0.25) is 4.79 Å². The van der Waals surface area contributed by atoms with Gasteiger partial charge in [0.15, 0.2) is 0 Å². The van der Waals surface area contributed by atoms with Crippen LogP contribution in [0.15, 0.2) is 0 Å². The lowest BCUT2D eigenvalue weighted by Gasteiger charge is -2.38. The maximum Gasteiger partial charge on any atom is 0.222 e. The van der Waals surface area contributed by atoms with Crippen LogP contribution < -0.4 is 5.32 Å². The number of hydrogen-bond acceptors (Lipinski definition) is 3. The third-order valence-electron chi connectivity index (χ3n) is 3.65. The predicted octanol–water partition coefficient (Wildman–Crippen LogP) is 1.58. The molecule has 0 aromatic carbocycles. The number of carbonyl (C=O) groups is 1. The smallest absolute Gasteiger partial charge is 0.222 e. The number of halogens is 1. The van der Waals surface area contributed by atoms with Crippen molar-refractivity contribution in [1.82, 2.24) is 10.2 Å². The zero-order chi connectivity index (χ0) is 12.3. The Morgan fingerprint density at radius 2 is 2.28 bits per heavy atom. The van der Waals surface area contributed by atoms with E-state index in [1.54, 1.807) is 0 Å². The van der Waals surface area contributed by atoms with Crippen LogP contribution in [0.1, 0.15) is 39.5 Å². The summed E-state index contributed by atoms with van der Waals surface area (Å²) in [5.41, 5.74) is -0.181. The van der Waals surface area contributed by atoms with Crippen LogP contribution in [0.4, 0.5) is 0 Å². The van der Waals surface area contributed by atoms with Crippen molar-refractivity contribution in [3.8, 4) is 0 Å². The Balaban J connectivity index is 0.00000162. The van der Waals surface area contributed by atoms with Crippen molar-refractivity contribution in [3.05, 3.63) is 0 Å². The highest BCUT2D eigenvalue weighted by molar-refractivity contribution is 5.85. The van der Waals surface area contributed by atoms with Gasteiger partial charge in [-0.2, -0.15) is 0 Å². The number of nitrogens with zero attached hydrogens (tertiary/aromatic N) is 1. The number of hydrogen-bond donors (Lipinski definition) is 1. The molecule has 1 unspecified atom stereocenters. The highest BCUT2D eigenvalue weighted by Gasteiger charge is 2.30. The average Bonchev–Trinajstić information content (AvgIpc) is 2.77. The summed E-state index contributed by atoms with van der Waals surface area (Å²) in [7, 11) is 0. The zero-order valence-electron chi connectivity index (χ0n) is 11.4. The molecule has 18 heavy (non-hydrogen) atoms. The summed E-state index contributed by atoms with van der Waals surface area (Å²) in [6.07, 6.45) is 4.13. The van der Waals surface area contributed by atoms with Crippen LogP contribution in [0.3, 0.4) is 0 Å². The van der Waals surface area contributed by atoms with Crippen molar-refractivity contribution >= 4 is 18.3 Å². The minimum atomic E-state index is -0.181. The summed E-state index contributed by atoms with van der Waals surface area (Å²) in [5.74, 6) is 0.287. The van der Waals surface area contributed by atoms with Crippen LogP contribution in [0.5, 0.6) is 0 Å². The molecular formula is C13H25ClN2O2. The molecule has 2 saturated heterocycles. The molecule has 5 heteroatoms. The van der Waals surface area contributed by atoms with Gasteiger partial charge in [-0.1, -0.05) is 0 Å². The molecule has 0 aromatic rings. The Kier molecular flexibility index (Phi) is 5.89. The van der Waals surface area contributed by atoms with E-state index in [9.17, 15) is 4.79 Å². The van der Waals surface area contributed by atoms with Gasteiger partial charge >= 0.3 is 0 Å². The number of ether oxygens (including phenoxy) is 1. The molecule has 1 N–H and O–H groups in total. The molecule has 0 bridgehead atoms. The molecule has 0 spiro atoms. The quantitative estimate of drug-likeness (QED) is 0.851. The van der Waals surface area contributed by atoms with Crippen molar-refractivity contribution < 1.29 is 9.53 Å². The second-order valence-corrected chi connectivity index (χ2v) is 5.76. The molecule has 2 rings (SSSR count). The second-order valence-electron chi connectivity index (χ2n) is 5.76. The molecule has 1 atom stereocenters. The van der Waals surface area contributed by atoms with Gasteiger partial charge in [0.2, 0.25) is 5.91 Å². The van der Waals surface area contributed by atoms with Crippen molar-refractivity contribution in [1.29, 1.82) is 0 Å². The number of nitrogens with one attached hydrogen (secondary N) is 1. The maximum absolute atomic E-state index is 12.1. The van der Waals surface area contributed by atoms with E-state index < -0.39 is 0 Å². The standard InChI is InChI=1S/C13H24N2O2.ClH/c1-13(2)10-15(8-9-17-13)12(16)6-5-11-4-3-7-14-11;/h11,14H,3-10H2,1-2H3;1H. The Morgan fingerprint density at radius 3 is 2.89 bits per heavy atom. The average molecular weight is 277 g/mol. The van der Waals surface area contributed by atoms with Crippen LogP contribution >= 0.6 is 12.4 Å². The minimum absolute atomic E-state index is 0. The van der Waals surface area contributed by atoms with Gasteiger partial charge < -0.3 is 15.0 Å². The first kappa shape index (κ1) is 15.7. The molecule has 4 nitrogen and oxygen atoms in total. The third-order valence-corrected chi connectivity index (χ3v) is 3.65. The van der Waals surface area contributed by atoms with Gasteiger partial charge in [0.25, 0.3) is 0 Å².